The molecule has 0 unspecified atom stereocenters. The lowest BCUT2D eigenvalue weighted by Crippen LogP contribution is -2.20. The third-order valence-electron chi connectivity index (χ3n) is 5.92. The molecule has 0 radical (unpaired) electrons. The summed E-state index contributed by atoms with van der Waals surface area (Å²) in [5.41, 5.74) is 8.81. The van der Waals surface area contributed by atoms with Crippen LogP contribution in [0, 0.1) is 12.7 Å². The van der Waals surface area contributed by atoms with Crippen molar-refractivity contribution < 1.29 is 4.39 Å². The van der Waals surface area contributed by atoms with Crippen LogP contribution in [0.2, 0.25) is 0 Å². The first-order valence-electron chi connectivity index (χ1n) is 10.7. The van der Waals surface area contributed by atoms with E-state index in [9.17, 15) is 4.39 Å². The average molecular weight is 424 g/mol. The Morgan fingerprint density at radius 1 is 1.00 bits per heavy atom. The van der Waals surface area contributed by atoms with E-state index in [0.717, 1.165) is 75.3 Å². The Kier molecular flexibility index (Phi) is 4.36. The normalized spacial score (nSPS) is 14.2. The number of fused-ring (bicyclic) bond motifs is 2. The number of aryl methyl sites for hydroxylation is 1. The van der Waals surface area contributed by atoms with Gasteiger partial charge in [-0.05, 0) is 73.5 Å². The van der Waals surface area contributed by atoms with E-state index in [1.807, 2.05) is 37.3 Å². The van der Waals surface area contributed by atoms with Crippen molar-refractivity contribution in [1.29, 1.82) is 0 Å². The van der Waals surface area contributed by atoms with Crippen LogP contribution in [0.5, 0.6) is 0 Å². The van der Waals surface area contributed by atoms with Gasteiger partial charge in [-0.25, -0.2) is 9.37 Å². The molecule has 0 aliphatic carbocycles. The van der Waals surface area contributed by atoms with Crippen molar-refractivity contribution in [3.63, 3.8) is 0 Å². The van der Waals surface area contributed by atoms with E-state index >= 15 is 0 Å². The number of nitrogens with one attached hydrogen (secondary N) is 3. The first-order chi connectivity index (χ1) is 15.7. The van der Waals surface area contributed by atoms with Gasteiger partial charge in [-0.1, -0.05) is 6.08 Å². The largest absolute Gasteiger partial charge is 0.353 e. The third kappa shape index (κ3) is 3.18. The summed E-state index contributed by atoms with van der Waals surface area (Å²) < 4.78 is 14.0. The Morgan fingerprint density at radius 3 is 2.78 bits per heavy atom. The molecule has 5 heterocycles. The number of hydrogen-bond acceptors (Lipinski definition) is 4. The van der Waals surface area contributed by atoms with Crippen LogP contribution in [0.15, 0.2) is 54.7 Å². The van der Waals surface area contributed by atoms with Crippen LogP contribution in [-0.2, 0) is 0 Å². The highest BCUT2D eigenvalue weighted by Gasteiger charge is 2.17. The predicted molar refractivity (Wildman–Crippen MR) is 125 cm³/mol. The summed E-state index contributed by atoms with van der Waals surface area (Å²) >= 11 is 0. The van der Waals surface area contributed by atoms with Crippen molar-refractivity contribution >= 4 is 27.5 Å². The van der Waals surface area contributed by atoms with Crippen molar-refractivity contribution in [2.24, 2.45) is 0 Å². The zero-order valence-electron chi connectivity index (χ0n) is 17.5. The van der Waals surface area contributed by atoms with Crippen LogP contribution in [0.4, 0.5) is 4.39 Å². The molecule has 0 bridgehead atoms. The highest BCUT2D eigenvalue weighted by Crippen LogP contribution is 2.33. The number of pyridine rings is 2. The number of hydrogen-bond donors (Lipinski definition) is 3. The summed E-state index contributed by atoms with van der Waals surface area (Å²) in [5, 5.41) is 11.9. The molecule has 1 aliphatic rings. The van der Waals surface area contributed by atoms with Crippen LogP contribution in [-0.4, -0.2) is 38.2 Å². The van der Waals surface area contributed by atoms with Gasteiger partial charge in [-0.2, -0.15) is 5.10 Å². The standard InChI is InChI=1S/C25H21FN6/c1-14-10-16(12-17(26)11-14)23-18-13-22(29-20(18)6-9-28-23)25-24-21(31-32-25)3-2-19(30-24)15-4-7-27-8-5-15/h2-4,6,9-13,27,29H,5,7-8H2,1H3,(H,31,32). The molecule has 32 heavy (non-hydrogen) atoms. The van der Waals surface area contributed by atoms with Crippen molar-refractivity contribution in [2.75, 3.05) is 13.1 Å². The quantitative estimate of drug-likeness (QED) is 0.381. The van der Waals surface area contributed by atoms with Gasteiger partial charge in [0.1, 0.15) is 17.0 Å². The van der Waals surface area contributed by atoms with Gasteiger partial charge in [0.25, 0.3) is 0 Å². The van der Waals surface area contributed by atoms with Gasteiger partial charge in [0.15, 0.2) is 0 Å². The van der Waals surface area contributed by atoms with Gasteiger partial charge in [0, 0.05) is 29.2 Å². The molecule has 1 aliphatic heterocycles. The molecule has 6 nitrogen and oxygen atoms in total. The van der Waals surface area contributed by atoms with Crippen molar-refractivity contribution in [3.8, 4) is 22.6 Å². The fourth-order valence-corrected chi connectivity index (χ4v) is 4.41. The number of H-pyrrole nitrogens is 2. The fourth-order valence-electron chi connectivity index (χ4n) is 4.41. The third-order valence-corrected chi connectivity index (χ3v) is 5.92. The number of benzene rings is 1. The zero-order valence-corrected chi connectivity index (χ0v) is 17.5. The Hall–Kier alpha value is -3.84. The van der Waals surface area contributed by atoms with Crippen molar-refractivity contribution in [2.45, 2.75) is 13.3 Å². The Bertz CT molecular complexity index is 1490. The zero-order chi connectivity index (χ0) is 21.7. The van der Waals surface area contributed by atoms with Crippen LogP contribution >= 0.6 is 0 Å². The second-order valence-corrected chi connectivity index (χ2v) is 8.17. The summed E-state index contributed by atoms with van der Waals surface area (Å²) in [4.78, 5) is 12.9. The molecule has 7 heteroatoms. The molecule has 0 saturated heterocycles. The molecule has 3 N–H and O–H groups in total. The molecule has 0 amide bonds. The molecule has 0 fully saturated rings. The number of nitrogens with zero attached hydrogens (tertiary/aromatic N) is 3. The molecule has 158 valence electrons. The van der Waals surface area contributed by atoms with Crippen LogP contribution in [0.1, 0.15) is 17.7 Å². The number of aromatic nitrogens is 5. The maximum Gasteiger partial charge on any atom is 0.135 e. The molecule has 5 aromatic rings. The Balaban J connectivity index is 1.49. The van der Waals surface area contributed by atoms with E-state index in [-0.39, 0.29) is 5.82 Å². The van der Waals surface area contributed by atoms with Crippen LogP contribution in [0.3, 0.4) is 0 Å². The van der Waals surface area contributed by atoms with Gasteiger partial charge in [0.05, 0.1) is 22.6 Å². The van der Waals surface area contributed by atoms with E-state index in [1.165, 1.54) is 17.7 Å². The highest BCUT2D eigenvalue weighted by molar-refractivity contribution is 5.99. The molecule has 0 atom stereocenters. The monoisotopic (exact) mass is 424 g/mol. The second kappa shape index (κ2) is 7.39. The Labute approximate surface area is 183 Å². The van der Waals surface area contributed by atoms with Gasteiger partial charge >= 0.3 is 0 Å². The van der Waals surface area contributed by atoms with Gasteiger partial charge in [-0.15, -0.1) is 0 Å². The SMILES string of the molecule is Cc1cc(F)cc(-c2nccc3[nH]c(-c4n[nH]c5ccc(C6=CCNCC6)nc45)cc23)c1. The molecule has 0 saturated carbocycles. The van der Waals surface area contributed by atoms with Crippen LogP contribution < -0.4 is 5.32 Å². The number of rotatable bonds is 3. The summed E-state index contributed by atoms with van der Waals surface area (Å²) in [6.07, 6.45) is 4.89. The summed E-state index contributed by atoms with van der Waals surface area (Å²) in [5.74, 6) is -0.267. The minimum atomic E-state index is -0.267. The number of halogens is 1. The van der Waals surface area contributed by atoms with Gasteiger partial charge in [0.2, 0.25) is 0 Å². The molecule has 6 rings (SSSR count). The summed E-state index contributed by atoms with van der Waals surface area (Å²) in [7, 11) is 0. The average Bonchev–Trinajstić information content (AvgIpc) is 3.42. The lowest BCUT2D eigenvalue weighted by atomic mass is 10.0. The van der Waals surface area contributed by atoms with E-state index in [4.69, 9.17) is 4.98 Å². The molecule has 4 aromatic heterocycles. The first kappa shape index (κ1) is 18.9. The molecular formula is C25H21FN6. The lowest BCUT2D eigenvalue weighted by Gasteiger charge is -2.13. The fraction of sp³-hybridized carbons (Fsp3) is 0.160. The minimum absolute atomic E-state index is 0.267. The van der Waals surface area contributed by atoms with Gasteiger partial charge in [-0.3, -0.25) is 10.1 Å². The molecule has 0 spiro atoms. The molecule has 1 aromatic carbocycles. The minimum Gasteiger partial charge on any atom is -0.353 e. The second-order valence-electron chi connectivity index (χ2n) is 8.17. The number of aromatic amines is 2. The topological polar surface area (TPSA) is 82.3 Å². The predicted octanol–water partition coefficient (Wildman–Crippen LogP) is 4.99. The van der Waals surface area contributed by atoms with E-state index in [1.54, 1.807) is 6.20 Å². The van der Waals surface area contributed by atoms with E-state index in [0.29, 0.717) is 0 Å². The maximum absolute atomic E-state index is 14.0. The smallest absolute Gasteiger partial charge is 0.135 e. The lowest BCUT2D eigenvalue weighted by molar-refractivity contribution is 0.627. The highest BCUT2D eigenvalue weighted by atomic mass is 19.1. The molecular weight excluding hydrogens is 403 g/mol. The summed E-state index contributed by atoms with van der Waals surface area (Å²) in [6.45, 7) is 3.71. The Morgan fingerprint density at radius 2 is 1.94 bits per heavy atom. The van der Waals surface area contributed by atoms with E-state index in [2.05, 4.69) is 31.6 Å². The van der Waals surface area contributed by atoms with Crippen molar-refractivity contribution in [1.82, 2.24) is 30.5 Å². The van der Waals surface area contributed by atoms with Crippen molar-refractivity contribution in [3.05, 3.63) is 71.8 Å². The van der Waals surface area contributed by atoms with Crippen LogP contribution in [0.25, 0.3) is 50.2 Å². The summed E-state index contributed by atoms with van der Waals surface area (Å²) in [6, 6.07) is 13.0. The van der Waals surface area contributed by atoms with Gasteiger partial charge < -0.3 is 10.3 Å². The maximum atomic E-state index is 14.0. The first-order valence-corrected chi connectivity index (χ1v) is 10.7. The van der Waals surface area contributed by atoms with E-state index < -0.39 is 0 Å².